The van der Waals surface area contributed by atoms with Crippen molar-refractivity contribution in [3.05, 3.63) is 0 Å². The highest BCUT2D eigenvalue weighted by atomic mass is 28.4. The van der Waals surface area contributed by atoms with Crippen molar-refractivity contribution >= 4 is 8.32 Å². The van der Waals surface area contributed by atoms with Crippen molar-refractivity contribution in [2.45, 2.75) is 64.3 Å². The van der Waals surface area contributed by atoms with Crippen LogP contribution in [-0.2, 0) is 4.43 Å². The van der Waals surface area contributed by atoms with Crippen molar-refractivity contribution in [2.24, 2.45) is 11.8 Å². The van der Waals surface area contributed by atoms with Crippen LogP contribution in [0.4, 0.5) is 4.39 Å². The molecule has 0 unspecified atom stereocenters. The third-order valence-corrected chi connectivity index (χ3v) is 10.8. The zero-order valence-corrected chi connectivity index (χ0v) is 13.6. The van der Waals surface area contributed by atoms with Gasteiger partial charge in [0.2, 0.25) is 0 Å². The molecule has 1 saturated carbocycles. The molecule has 0 aromatic heterocycles. The summed E-state index contributed by atoms with van der Waals surface area (Å²) in [4.78, 5) is 0. The van der Waals surface area contributed by atoms with E-state index in [-0.39, 0.29) is 18.4 Å². The van der Waals surface area contributed by atoms with Crippen LogP contribution in [0.15, 0.2) is 0 Å². The lowest BCUT2D eigenvalue weighted by Gasteiger charge is -2.42. The van der Waals surface area contributed by atoms with Crippen LogP contribution in [0.1, 0.15) is 41.5 Å². The SMILES string of the molecule is CC(C)[Si](OC[C@H]1[C@@H](F)[C@@H]1CO)(C(C)C)C(C)C. The van der Waals surface area contributed by atoms with E-state index in [4.69, 9.17) is 9.53 Å². The number of aliphatic hydroxyl groups is 1. The fraction of sp³-hybridized carbons (Fsp3) is 1.00. The summed E-state index contributed by atoms with van der Waals surface area (Å²) in [7, 11) is -1.87. The van der Waals surface area contributed by atoms with Gasteiger partial charge in [-0.05, 0) is 16.6 Å². The van der Waals surface area contributed by atoms with Gasteiger partial charge in [0, 0.05) is 25.0 Å². The number of rotatable bonds is 7. The predicted octanol–water partition coefficient (Wildman–Crippen LogP) is 3.75. The molecule has 1 rings (SSSR count). The molecule has 0 saturated heterocycles. The lowest BCUT2D eigenvalue weighted by atomic mass is 10.3. The van der Waals surface area contributed by atoms with Crippen LogP contribution in [0.5, 0.6) is 0 Å². The first kappa shape index (κ1) is 16.1. The van der Waals surface area contributed by atoms with Crippen LogP contribution < -0.4 is 0 Å². The van der Waals surface area contributed by atoms with E-state index in [9.17, 15) is 4.39 Å². The van der Waals surface area contributed by atoms with Gasteiger partial charge in [-0.3, -0.25) is 0 Å². The average molecular weight is 276 g/mol. The van der Waals surface area contributed by atoms with Crippen molar-refractivity contribution in [3.8, 4) is 0 Å². The molecule has 0 amide bonds. The lowest BCUT2D eigenvalue weighted by molar-refractivity contribution is 0.227. The van der Waals surface area contributed by atoms with Crippen LogP contribution in [0, 0.1) is 11.8 Å². The number of hydrogen-bond donors (Lipinski definition) is 1. The maximum absolute atomic E-state index is 13.4. The van der Waals surface area contributed by atoms with Gasteiger partial charge in [0.25, 0.3) is 0 Å². The van der Waals surface area contributed by atoms with E-state index in [1.807, 2.05) is 0 Å². The fourth-order valence-electron chi connectivity index (χ4n) is 3.59. The molecule has 0 bridgehead atoms. The number of aliphatic hydroxyl groups excluding tert-OH is 1. The molecule has 1 N–H and O–H groups in total. The normalized spacial score (nSPS) is 28.5. The Bertz CT molecular complexity index is 247. The summed E-state index contributed by atoms with van der Waals surface area (Å²) in [5.41, 5.74) is 1.59. The Kier molecular flexibility index (Phi) is 5.39. The van der Waals surface area contributed by atoms with E-state index in [0.29, 0.717) is 23.2 Å². The second-order valence-electron chi connectivity index (χ2n) is 6.58. The average Bonchev–Trinajstić information content (AvgIpc) is 2.87. The van der Waals surface area contributed by atoms with E-state index < -0.39 is 14.5 Å². The molecule has 1 aliphatic rings. The number of halogens is 1. The summed E-state index contributed by atoms with van der Waals surface area (Å²) in [5, 5.41) is 9.02. The van der Waals surface area contributed by atoms with Crippen LogP contribution in [0.25, 0.3) is 0 Å². The third-order valence-electron chi connectivity index (χ3n) is 4.67. The molecule has 1 fully saturated rings. The summed E-state index contributed by atoms with van der Waals surface area (Å²) in [5.74, 6) is -0.249. The van der Waals surface area contributed by atoms with Gasteiger partial charge in [0.05, 0.1) is 0 Å². The van der Waals surface area contributed by atoms with Crippen LogP contribution in [-0.4, -0.2) is 32.8 Å². The summed E-state index contributed by atoms with van der Waals surface area (Å²) < 4.78 is 19.7. The van der Waals surface area contributed by atoms with Gasteiger partial charge < -0.3 is 9.53 Å². The Morgan fingerprint density at radius 1 is 1.00 bits per heavy atom. The lowest BCUT2D eigenvalue weighted by Crippen LogP contribution is -2.48. The molecular formula is C14H29FO2Si. The van der Waals surface area contributed by atoms with Crippen molar-refractivity contribution in [2.75, 3.05) is 13.2 Å². The van der Waals surface area contributed by atoms with Gasteiger partial charge in [-0.25, -0.2) is 4.39 Å². The second kappa shape index (κ2) is 6.01. The van der Waals surface area contributed by atoms with E-state index in [1.54, 1.807) is 0 Å². The first-order valence-corrected chi connectivity index (χ1v) is 9.31. The molecule has 0 radical (unpaired) electrons. The van der Waals surface area contributed by atoms with Gasteiger partial charge in [-0.1, -0.05) is 41.5 Å². The monoisotopic (exact) mass is 276 g/mol. The minimum atomic E-state index is -1.87. The second-order valence-corrected chi connectivity index (χ2v) is 12.0. The quantitative estimate of drug-likeness (QED) is 0.718. The molecule has 18 heavy (non-hydrogen) atoms. The summed E-state index contributed by atoms with van der Waals surface area (Å²) in [6.45, 7) is 13.8. The Morgan fingerprint density at radius 3 is 1.72 bits per heavy atom. The molecule has 2 nitrogen and oxygen atoms in total. The standard InChI is InChI=1S/C14H29FO2Si/c1-9(2)18(10(3)4,11(5)6)17-8-13-12(7-16)14(13)15/h9-14,16H,7-8H2,1-6H3/t12-,13-,14+/m1/s1. The summed E-state index contributed by atoms with van der Waals surface area (Å²) in [6, 6.07) is 0. The molecule has 0 aromatic carbocycles. The molecule has 4 heteroatoms. The topological polar surface area (TPSA) is 29.5 Å². The number of hydrogen-bond acceptors (Lipinski definition) is 2. The Balaban J connectivity index is 2.68. The van der Waals surface area contributed by atoms with Crippen molar-refractivity contribution in [1.29, 1.82) is 0 Å². The molecule has 108 valence electrons. The maximum atomic E-state index is 13.4. The van der Waals surface area contributed by atoms with Crippen LogP contribution >= 0.6 is 0 Å². The highest BCUT2D eigenvalue weighted by Gasteiger charge is 2.53. The van der Waals surface area contributed by atoms with E-state index in [0.717, 1.165) is 0 Å². The molecule has 1 aliphatic carbocycles. The molecule has 3 atom stereocenters. The Morgan fingerprint density at radius 2 is 1.44 bits per heavy atom. The first-order valence-electron chi connectivity index (χ1n) is 7.17. The third kappa shape index (κ3) is 2.80. The Labute approximate surface area is 112 Å². The minimum absolute atomic E-state index is 0.0468. The zero-order chi connectivity index (χ0) is 14.1. The number of alkyl halides is 1. The van der Waals surface area contributed by atoms with Crippen molar-refractivity contribution in [1.82, 2.24) is 0 Å². The molecule has 0 aromatic rings. The highest BCUT2D eigenvalue weighted by molar-refractivity contribution is 6.77. The molecule has 0 spiro atoms. The van der Waals surface area contributed by atoms with E-state index in [1.165, 1.54) is 0 Å². The first-order chi connectivity index (χ1) is 8.28. The fourth-order valence-corrected chi connectivity index (χ4v) is 9.07. The van der Waals surface area contributed by atoms with Gasteiger partial charge in [-0.2, -0.15) is 0 Å². The smallest absolute Gasteiger partial charge is 0.200 e. The van der Waals surface area contributed by atoms with Gasteiger partial charge in [0.1, 0.15) is 6.17 Å². The largest absolute Gasteiger partial charge is 0.416 e. The summed E-state index contributed by atoms with van der Waals surface area (Å²) in [6.07, 6.45) is -0.854. The van der Waals surface area contributed by atoms with Gasteiger partial charge in [-0.15, -0.1) is 0 Å². The molecule has 0 heterocycles. The minimum Gasteiger partial charge on any atom is -0.416 e. The highest BCUT2D eigenvalue weighted by Crippen LogP contribution is 2.46. The Hall–Kier alpha value is 0.0669. The van der Waals surface area contributed by atoms with E-state index >= 15 is 0 Å². The van der Waals surface area contributed by atoms with Crippen molar-refractivity contribution in [3.63, 3.8) is 0 Å². The molecule has 0 aliphatic heterocycles. The van der Waals surface area contributed by atoms with Gasteiger partial charge in [0.15, 0.2) is 8.32 Å². The van der Waals surface area contributed by atoms with E-state index in [2.05, 4.69) is 41.5 Å². The summed E-state index contributed by atoms with van der Waals surface area (Å²) >= 11 is 0. The van der Waals surface area contributed by atoms with Crippen LogP contribution in [0.2, 0.25) is 16.6 Å². The maximum Gasteiger partial charge on any atom is 0.200 e. The predicted molar refractivity (Wildman–Crippen MR) is 76.0 cm³/mol. The molecular weight excluding hydrogens is 247 g/mol. The zero-order valence-electron chi connectivity index (χ0n) is 12.6. The van der Waals surface area contributed by atoms with Crippen LogP contribution in [0.3, 0.4) is 0 Å². The van der Waals surface area contributed by atoms with Crippen molar-refractivity contribution < 1.29 is 13.9 Å². The van der Waals surface area contributed by atoms with Gasteiger partial charge >= 0.3 is 0 Å².